The molecule has 1 aliphatic rings. The van der Waals surface area contributed by atoms with Gasteiger partial charge in [-0.15, -0.1) is 11.3 Å². The van der Waals surface area contributed by atoms with E-state index in [1.165, 1.54) is 34.0 Å². The van der Waals surface area contributed by atoms with Gasteiger partial charge in [0.15, 0.2) is 4.90 Å². The summed E-state index contributed by atoms with van der Waals surface area (Å²) < 4.78 is 80.2. The maximum atomic E-state index is 14.3. The van der Waals surface area contributed by atoms with Crippen LogP contribution in [0.3, 0.4) is 0 Å². The van der Waals surface area contributed by atoms with Gasteiger partial charge in [-0.05, 0) is 43.2 Å². The molecule has 3 aromatic heterocycles. The van der Waals surface area contributed by atoms with E-state index in [0.29, 0.717) is 52.1 Å². The summed E-state index contributed by atoms with van der Waals surface area (Å²) in [4.78, 5) is 28.7. The van der Waals surface area contributed by atoms with Gasteiger partial charge in [-0.2, -0.15) is 8.42 Å². The highest BCUT2D eigenvalue weighted by atomic mass is 32.2. The third-order valence-electron chi connectivity index (χ3n) is 7.02. The minimum absolute atomic E-state index is 0.0252. The number of hydrogen-bond donors (Lipinski definition) is 2. The molecule has 4 heterocycles. The average molecular weight is 680 g/mol. The van der Waals surface area contributed by atoms with E-state index in [-0.39, 0.29) is 17.3 Å². The highest BCUT2D eigenvalue weighted by molar-refractivity contribution is 7.92. The van der Waals surface area contributed by atoms with Crippen LogP contribution in [0.4, 0.5) is 14.7 Å². The summed E-state index contributed by atoms with van der Waals surface area (Å²) in [5.41, 5.74) is -0.524. The molecule has 12 nitrogen and oxygen atoms in total. The van der Waals surface area contributed by atoms with Gasteiger partial charge >= 0.3 is 0 Å². The molecular weight excluding hydrogens is 649 g/mol. The van der Waals surface area contributed by atoms with E-state index in [0.717, 1.165) is 24.4 Å². The van der Waals surface area contributed by atoms with Gasteiger partial charge in [-0.3, -0.25) is 4.79 Å². The first-order valence-corrected chi connectivity index (χ1v) is 17.9. The molecule has 240 valence electrons. The lowest BCUT2D eigenvalue weighted by Crippen LogP contribution is -2.42. The van der Waals surface area contributed by atoms with Crippen LogP contribution in [-0.2, 0) is 25.5 Å². The Morgan fingerprint density at radius 1 is 0.978 bits per heavy atom. The van der Waals surface area contributed by atoms with Crippen molar-refractivity contribution in [2.45, 2.75) is 50.0 Å². The molecule has 45 heavy (non-hydrogen) atoms. The number of thiazole rings is 1. The number of pyridine rings is 1. The van der Waals surface area contributed by atoms with Crippen molar-refractivity contribution in [2.75, 3.05) is 29.5 Å². The number of benzene rings is 1. The van der Waals surface area contributed by atoms with Gasteiger partial charge < -0.3 is 5.32 Å². The predicted octanol–water partition coefficient (Wildman–Crippen LogP) is 3.77. The zero-order valence-electron chi connectivity index (χ0n) is 24.8. The smallest absolute Gasteiger partial charge is 0.281 e. The largest absolute Gasteiger partial charge is 0.351 e. The number of rotatable bonds is 8. The molecule has 1 aromatic carbocycles. The van der Waals surface area contributed by atoms with Crippen LogP contribution < -0.4 is 15.7 Å². The lowest BCUT2D eigenvalue weighted by atomic mass is 9.98. The van der Waals surface area contributed by atoms with E-state index in [9.17, 15) is 30.4 Å². The van der Waals surface area contributed by atoms with Gasteiger partial charge in [-0.1, -0.05) is 26.8 Å². The van der Waals surface area contributed by atoms with Crippen LogP contribution in [0.5, 0.6) is 0 Å². The van der Waals surface area contributed by atoms with Gasteiger partial charge in [-0.25, -0.2) is 46.0 Å². The Morgan fingerprint density at radius 3 is 2.27 bits per heavy atom. The number of aromatic nitrogens is 4. The Labute approximate surface area is 263 Å². The average Bonchev–Trinajstić information content (AvgIpc) is 3.40. The fraction of sp³-hybridized carbons (Fsp3) is 0.357. The molecule has 1 fully saturated rings. The van der Waals surface area contributed by atoms with Crippen LogP contribution in [0.1, 0.15) is 38.6 Å². The number of nitrogens with one attached hydrogen (secondary N) is 2. The summed E-state index contributed by atoms with van der Waals surface area (Å²) >= 11 is 1.31. The summed E-state index contributed by atoms with van der Waals surface area (Å²) in [7, 11) is -8.10. The van der Waals surface area contributed by atoms with Crippen molar-refractivity contribution in [3.8, 4) is 21.8 Å². The van der Waals surface area contributed by atoms with Crippen LogP contribution in [0.15, 0.2) is 58.5 Å². The zero-order chi connectivity index (χ0) is 32.7. The molecule has 5 rings (SSSR count). The van der Waals surface area contributed by atoms with Crippen LogP contribution in [0.2, 0.25) is 0 Å². The third-order valence-corrected chi connectivity index (χ3v) is 11.2. The maximum absolute atomic E-state index is 14.3. The Morgan fingerprint density at radius 2 is 1.64 bits per heavy atom. The second kappa shape index (κ2) is 12.2. The van der Waals surface area contributed by atoms with Crippen molar-refractivity contribution >= 4 is 37.3 Å². The number of nitrogens with zero attached hydrogens (tertiary/aromatic N) is 5. The molecule has 1 aliphatic heterocycles. The lowest BCUT2D eigenvalue weighted by Gasteiger charge is -2.30. The van der Waals surface area contributed by atoms with Gasteiger partial charge in [0.2, 0.25) is 16.0 Å². The molecule has 0 aliphatic carbocycles. The molecule has 0 radical (unpaired) electrons. The standard InChI is InChI=1S/C28H31F2N7O5S3/c1-28(2,3)26-34-22(18-7-6-14-37(25(18)38)35-45(41,42)24-19(29)8-5-9-20(24)30)23(43-26)21-10-13-31-27(33-21)32-17-11-15-36(16-12-17)44(4,39)40/h5-10,13-14,17,35H,11-12,15-16H2,1-4H3,(H,31,32,33). The van der Waals surface area contributed by atoms with Crippen LogP contribution in [0, 0.1) is 11.6 Å². The van der Waals surface area contributed by atoms with Crippen molar-refractivity contribution in [3.63, 3.8) is 0 Å². The topological polar surface area (TPSA) is 156 Å². The van der Waals surface area contributed by atoms with Crippen LogP contribution >= 0.6 is 11.3 Å². The van der Waals surface area contributed by atoms with Gasteiger partial charge in [0.1, 0.15) is 11.6 Å². The number of sulfonamides is 2. The molecule has 0 amide bonds. The van der Waals surface area contributed by atoms with E-state index in [2.05, 4.69) is 15.3 Å². The minimum Gasteiger partial charge on any atom is -0.351 e. The molecule has 0 atom stereocenters. The molecular formula is C28H31F2N7O5S3. The van der Waals surface area contributed by atoms with Crippen molar-refractivity contribution in [1.82, 2.24) is 23.9 Å². The van der Waals surface area contributed by atoms with Crippen molar-refractivity contribution in [1.29, 1.82) is 0 Å². The predicted molar refractivity (Wildman–Crippen MR) is 168 cm³/mol. The zero-order valence-corrected chi connectivity index (χ0v) is 27.2. The van der Waals surface area contributed by atoms with E-state index >= 15 is 0 Å². The molecule has 0 bridgehead atoms. The molecule has 17 heteroatoms. The summed E-state index contributed by atoms with van der Waals surface area (Å²) in [6, 6.07) is 7.11. The normalized spacial score (nSPS) is 15.2. The summed E-state index contributed by atoms with van der Waals surface area (Å²) in [5.74, 6) is -2.30. The third kappa shape index (κ3) is 7.05. The van der Waals surface area contributed by atoms with Crippen LogP contribution in [-0.4, -0.2) is 66.2 Å². The minimum atomic E-state index is -4.83. The Kier molecular flexibility index (Phi) is 8.82. The second-order valence-corrected chi connectivity index (χ2v) is 16.1. The SMILES string of the molecule is CC(C)(C)c1nc(-c2cccn(NS(=O)(=O)c3c(F)cccc3F)c2=O)c(-c2ccnc(NC3CCN(S(C)(=O)=O)CC3)n2)s1. The van der Waals surface area contributed by atoms with Crippen molar-refractivity contribution in [2.24, 2.45) is 0 Å². The fourth-order valence-electron chi connectivity index (χ4n) is 4.73. The molecule has 2 N–H and O–H groups in total. The summed E-state index contributed by atoms with van der Waals surface area (Å²) in [6.07, 6.45) is 5.00. The molecule has 1 saturated heterocycles. The number of piperidine rings is 1. The highest BCUT2D eigenvalue weighted by Crippen LogP contribution is 2.39. The van der Waals surface area contributed by atoms with Crippen molar-refractivity contribution in [3.05, 3.63) is 75.8 Å². The first-order valence-electron chi connectivity index (χ1n) is 13.8. The Balaban J connectivity index is 1.50. The molecule has 0 unspecified atom stereocenters. The molecule has 4 aromatic rings. The fourth-order valence-corrected chi connectivity index (χ4v) is 7.85. The lowest BCUT2D eigenvalue weighted by molar-refractivity contribution is 0.331. The quantitative estimate of drug-likeness (QED) is 0.283. The van der Waals surface area contributed by atoms with Gasteiger partial charge in [0.05, 0.1) is 33.1 Å². The second-order valence-electron chi connectivity index (χ2n) is 11.5. The number of halogens is 2. The Hall–Kier alpha value is -3.80. The first kappa shape index (κ1) is 32.6. The summed E-state index contributed by atoms with van der Waals surface area (Å²) in [5, 5.41) is 3.95. The van der Waals surface area contributed by atoms with E-state index < -0.39 is 47.6 Å². The monoisotopic (exact) mass is 679 g/mol. The molecule has 0 saturated carbocycles. The number of hydrogen-bond acceptors (Lipinski definition) is 10. The first-order chi connectivity index (χ1) is 21.0. The van der Waals surface area contributed by atoms with Crippen molar-refractivity contribution < 1.29 is 25.6 Å². The highest BCUT2D eigenvalue weighted by Gasteiger charge is 2.29. The summed E-state index contributed by atoms with van der Waals surface area (Å²) in [6.45, 7) is 6.61. The van der Waals surface area contributed by atoms with E-state index in [4.69, 9.17) is 4.98 Å². The van der Waals surface area contributed by atoms with E-state index in [1.807, 2.05) is 25.6 Å². The number of anilines is 1. The van der Waals surface area contributed by atoms with E-state index in [1.54, 1.807) is 12.3 Å². The van der Waals surface area contributed by atoms with Gasteiger partial charge in [0.25, 0.3) is 15.6 Å². The van der Waals surface area contributed by atoms with Crippen LogP contribution in [0.25, 0.3) is 21.8 Å². The Bertz CT molecular complexity index is 2000. The molecule has 0 spiro atoms. The van der Waals surface area contributed by atoms with Gasteiger partial charge in [0, 0.05) is 36.9 Å². The maximum Gasteiger partial charge on any atom is 0.281 e.